The van der Waals surface area contributed by atoms with Gasteiger partial charge in [-0.05, 0) is 6.92 Å². The quantitative estimate of drug-likeness (QED) is 0.781. The Morgan fingerprint density at radius 2 is 2.12 bits per heavy atom. The smallest absolute Gasteiger partial charge is 0.320 e. The largest absolute Gasteiger partial charge is 0.331 e. The third-order valence-electron chi connectivity index (χ3n) is 2.57. The number of amides is 2. The van der Waals surface area contributed by atoms with Crippen LogP contribution in [0.25, 0.3) is 0 Å². The summed E-state index contributed by atoms with van der Waals surface area (Å²) < 4.78 is 38.4. The topological polar surface area (TPSA) is 69.7 Å². The van der Waals surface area contributed by atoms with Gasteiger partial charge in [0.2, 0.25) is 10.0 Å². The number of alkyl halides is 1. The minimum Gasteiger partial charge on any atom is -0.331 e. The third kappa shape index (κ3) is 3.53. The van der Waals surface area contributed by atoms with Crippen LogP contribution in [0.15, 0.2) is 0 Å². The van der Waals surface area contributed by atoms with E-state index in [1.165, 1.54) is 16.7 Å². The molecule has 17 heavy (non-hydrogen) atoms. The van der Waals surface area contributed by atoms with E-state index < -0.39 is 28.4 Å². The zero-order valence-electron chi connectivity index (χ0n) is 10.2. The minimum absolute atomic E-state index is 0.00118. The van der Waals surface area contributed by atoms with Gasteiger partial charge < -0.3 is 9.80 Å². The van der Waals surface area contributed by atoms with Gasteiger partial charge in [0, 0.05) is 20.5 Å². The van der Waals surface area contributed by atoms with Crippen LogP contribution in [0.3, 0.4) is 0 Å². The summed E-state index contributed by atoms with van der Waals surface area (Å²) in [7, 11) is -0.366. The molecule has 2 unspecified atom stereocenters. The summed E-state index contributed by atoms with van der Waals surface area (Å²) in [5, 5.41) is 0. The maximum absolute atomic E-state index is 13.3. The monoisotopic (exact) mass is 267 g/mol. The zero-order valence-corrected chi connectivity index (χ0v) is 11.0. The minimum atomic E-state index is -3.45. The van der Waals surface area contributed by atoms with Gasteiger partial charge in [0.25, 0.3) is 0 Å². The van der Waals surface area contributed by atoms with Crippen LogP contribution in [0.4, 0.5) is 9.18 Å². The molecular weight excluding hydrogens is 249 g/mol. The van der Waals surface area contributed by atoms with Gasteiger partial charge in [-0.2, -0.15) is 4.72 Å². The Bertz CT molecular complexity index is 385. The second-order valence-corrected chi connectivity index (χ2v) is 6.24. The Labute approximate surface area is 101 Å². The van der Waals surface area contributed by atoms with Crippen molar-refractivity contribution in [2.45, 2.75) is 25.7 Å². The van der Waals surface area contributed by atoms with Gasteiger partial charge >= 0.3 is 6.03 Å². The molecule has 1 saturated heterocycles. The van der Waals surface area contributed by atoms with Crippen LogP contribution >= 0.6 is 0 Å². The van der Waals surface area contributed by atoms with Gasteiger partial charge in [-0.1, -0.05) is 0 Å². The molecule has 0 spiro atoms. The Hall–Kier alpha value is -0.890. The number of carbonyl (C=O) groups excluding carboxylic acids is 1. The van der Waals surface area contributed by atoms with Crippen LogP contribution in [-0.4, -0.2) is 63.0 Å². The molecule has 1 aliphatic rings. The van der Waals surface area contributed by atoms with E-state index in [-0.39, 0.29) is 18.7 Å². The Morgan fingerprint density at radius 3 is 2.59 bits per heavy atom. The van der Waals surface area contributed by atoms with Gasteiger partial charge in [-0.15, -0.1) is 0 Å². The first-order chi connectivity index (χ1) is 7.76. The molecule has 2 amide bonds. The Balaban J connectivity index is 2.79. The molecule has 6 nitrogen and oxygen atoms in total. The SMILES string of the molecule is CCS(=O)(=O)NC1CC(F)CN1C(=O)N(C)C. The van der Waals surface area contributed by atoms with Gasteiger partial charge in [0.1, 0.15) is 12.3 Å². The number of sulfonamides is 1. The summed E-state index contributed by atoms with van der Waals surface area (Å²) >= 11 is 0. The second kappa shape index (κ2) is 5.18. The summed E-state index contributed by atoms with van der Waals surface area (Å²) in [5.41, 5.74) is 0. The molecule has 1 N–H and O–H groups in total. The van der Waals surface area contributed by atoms with Crippen LogP contribution in [0.1, 0.15) is 13.3 Å². The highest BCUT2D eigenvalue weighted by atomic mass is 32.2. The molecule has 1 aliphatic heterocycles. The molecule has 0 saturated carbocycles. The van der Waals surface area contributed by atoms with E-state index in [9.17, 15) is 17.6 Å². The highest BCUT2D eigenvalue weighted by Crippen LogP contribution is 2.20. The van der Waals surface area contributed by atoms with Gasteiger partial charge in [0.15, 0.2) is 0 Å². The number of urea groups is 1. The van der Waals surface area contributed by atoms with E-state index in [0.29, 0.717) is 0 Å². The van der Waals surface area contributed by atoms with Crippen molar-refractivity contribution in [3.8, 4) is 0 Å². The molecule has 1 fully saturated rings. The van der Waals surface area contributed by atoms with Gasteiger partial charge in [-0.25, -0.2) is 17.6 Å². The standard InChI is InChI=1S/C9H18FN3O3S/c1-4-17(15,16)11-8-5-7(10)6-13(8)9(14)12(2)3/h7-8,11H,4-6H2,1-3H3. The molecule has 0 aromatic heterocycles. The van der Waals surface area contributed by atoms with E-state index in [1.54, 1.807) is 14.1 Å². The van der Waals surface area contributed by atoms with E-state index in [4.69, 9.17) is 0 Å². The van der Waals surface area contributed by atoms with Crippen LogP contribution in [-0.2, 0) is 10.0 Å². The number of likely N-dealkylation sites (tertiary alicyclic amines) is 1. The molecule has 0 bridgehead atoms. The summed E-state index contributed by atoms with van der Waals surface area (Å²) in [6, 6.07) is -0.394. The van der Waals surface area contributed by atoms with Crippen molar-refractivity contribution in [1.29, 1.82) is 0 Å². The van der Waals surface area contributed by atoms with Crippen molar-refractivity contribution in [3.63, 3.8) is 0 Å². The van der Waals surface area contributed by atoms with Crippen molar-refractivity contribution in [1.82, 2.24) is 14.5 Å². The molecule has 2 atom stereocenters. The number of carbonyl (C=O) groups is 1. The zero-order chi connectivity index (χ0) is 13.2. The van der Waals surface area contributed by atoms with E-state index in [0.717, 1.165) is 0 Å². The average Bonchev–Trinajstić information content (AvgIpc) is 2.57. The van der Waals surface area contributed by atoms with Crippen molar-refractivity contribution in [2.24, 2.45) is 0 Å². The first-order valence-corrected chi connectivity index (χ1v) is 7.04. The third-order valence-corrected chi connectivity index (χ3v) is 3.97. The Kier molecular flexibility index (Phi) is 4.31. The van der Waals surface area contributed by atoms with E-state index in [2.05, 4.69) is 4.72 Å². The highest BCUT2D eigenvalue weighted by Gasteiger charge is 2.37. The van der Waals surface area contributed by atoms with Crippen LogP contribution in [0, 0.1) is 0 Å². The fourth-order valence-electron chi connectivity index (χ4n) is 1.66. The second-order valence-electron chi connectivity index (χ2n) is 4.20. The van der Waals surface area contributed by atoms with E-state index in [1.807, 2.05) is 0 Å². The van der Waals surface area contributed by atoms with Crippen LogP contribution < -0.4 is 4.72 Å². The van der Waals surface area contributed by atoms with Crippen molar-refractivity contribution < 1.29 is 17.6 Å². The fraction of sp³-hybridized carbons (Fsp3) is 0.889. The lowest BCUT2D eigenvalue weighted by molar-refractivity contribution is 0.161. The predicted molar refractivity (Wildman–Crippen MR) is 61.7 cm³/mol. The number of hydrogen-bond acceptors (Lipinski definition) is 3. The van der Waals surface area contributed by atoms with E-state index >= 15 is 0 Å². The maximum Gasteiger partial charge on any atom is 0.320 e. The normalized spacial score (nSPS) is 25.1. The lowest BCUT2D eigenvalue weighted by Gasteiger charge is -2.27. The van der Waals surface area contributed by atoms with Crippen molar-refractivity contribution >= 4 is 16.1 Å². The first kappa shape index (κ1) is 14.2. The lowest BCUT2D eigenvalue weighted by Crippen LogP contribution is -2.50. The van der Waals surface area contributed by atoms with Crippen molar-refractivity contribution in [2.75, 3.05) is 26.4 Å². The molecule has 1 rings (SSSR count). The number of rotatable bonds is 3. The molecule has 0 aliphatic carbocycles. The van der Waals surface area contributed by atoms with Crippen LogP contribution in [0.5, 0.6) is 0 Å². The predicted octanol–water partition coefficient (Wildman–Crippen LogP) is -0.0228. The van der Waals surface area contributed by atoms with Gasteiger partial charge in [-0.3, -0.25) is 0 Å². The number of nitrogens with zero attached hydrogens (tertiary/aromatic N) is 2. The molecular formula is C9H18FN3O3S. The molecule has 1 heterocycles. The molecule has 8 heteroatoms. The van der Waals surface area contributed by atoms with Crippen LogP contribution in [0.2, 0.25) is 0 Å². The van der Waals surface area contributed by atoms with Crippen molar-refractivity contribution in [3.05, 3.63) is 0 Å². The molecule has 0 aromatic carbocycles. The highest BCUT2D eigenvalue weighted by molar-refractivity contribution is 7.89. The summed E-state index contributed by atoms with van der Waals surface area (Å²) in [6.45, 7) is 1.41. The van der Waals surface area contributed by atoms with Gasteiger partial charge in [0.05, 0.1) is 12.3 Å². The fourth-order valence-corrected chi connectivity index (χ4v) is 2.46. The summed E-state index contributed by atoms with van der Waals surface area (Å²) in [5.74, 6) is -0.0928. The molecule has 100 valence electrons. The summed E-state index contributed by atoms with van der Waals surface area (Å²) in [4.78, 5) is 14.2. The average molecular weight is 267 g/mol. The Morgan fingerprint density at radius 1 is 1.53 bits per heavy atom. The lowest BCUT2D eigenvalue weighted by atomic mass is 10.3. The molecule has 0 aromatic rings. The number of hydrogen-bond donors (Lipinski definition) is 1. The molecule has 0 radical (unpaired) electrons. The first-order valence-electron chi connectivity index (χ1n) is 5.39. The number of nitrogens with one attached hydrogen (secondary N) is 1. The maximum atomic E-state index is 13.3. The summed E-state index contributed by atoms with van der Waals surface area (Å²) in [6.07, 6.45) is -1.98. The number of halogens is 1.